The van der Waals surface area contributed by atoms with E-state index in [4.69, 9.17) is 33.5 Å². The molecule has 10 heteroatoms. The molecule has 0 N–H and O–H groups in total. The van der Waals surface area contributed by atoms with Crippen molar-refractivity contribution in [3.05, 3.63) is 231 Å². The quantitative estimate of drug-likeness (QED) is 0.156. The highest BCUT2D eigenvalue weighted by Crippen LogP contribution is 2.66. The van der Waals surface area contributed by atoms with E-state index in [1.807, 2.05) is 54.6 Å². The van der Waals surface area contributed by atoms with E-state index in [-0.39, 0.29) is 28.8 Å². The van der Waals surface area contributed by atoms with Crippen molar-refractivity contribution >= 4 is 90.0 Å². The Bertz CT molecular complexity index is 4360. The fourth-order valence-corrected chi connectivity index (χ4v) is 14.4. The largest absolute Gasteiger partial charge is 0.493 e. The number of halogens is 1. The topological polar surface area (TPSA) is 93.5 Å². The Kier molecular flexibility index (Phi) is 10.2. The van der Waals surface area contributed by atoms with Gasteiger partial charge in [0.15, 0.2) is 28.1 Å². The molecule has 4 aromatic heterocycles. The predicted octanol–water partition coefficient (Wildman–Crippen LogP) is 17.2. The van der Waals surface area contributed by atoms with Crippen LogP contribution in [0, 0.1) is 3.57 Å². The summed E-state index contributed by atoms with van der Waals surface area (Å²) >= 11 is 2.34. The number of aromatic nitrogens is 4. The third kappa shape index (κ3) is 6.63. The summed E-state index contributed by atoms with van der Waals surface area (Å²) in [6.07, 6.45) is 0. The first-order chi connectivity index (χ1) is 37.6. The van der Waals surface area contributed by atoms with Gasteiger partial charge in [0.25, 0.3) is 0 Å². The van der Waals surface area contributed by atoms with Gasteiger partial charge in [-0.3, -0.25) is 0 Å². The third-order valence-corrected chi connectivity index (χ3v) is 17.9. The smallest absolute Gasteiger partial charge is 0.231 e. The molecule has 2 aliphatic carbocycles. The average Bonchev–Trinajstić information content (AvgIpc) is 4.31. The van der Waals surface area contributed by atoms with E-state index in [0.29, 0.717) is 34.7 Å². The van der Waals surface area contributed by atoms with Crippen molar-refractivity contribution in [2.75, 3.05) is 16.9 Å². The molecule has 0 fully saturated rings. The molecule has 0 spiro atoms. The molecule has 6 heterocycles. The lowest BCUT2D eigenvalue weighted by atomic mass is 9.75. The number of hydrogen-bond donors (Lipinski definition) is 0. The van der Waals surface area contributed by atoms with Crippen LogP contribution in [0.5, 0.6) is 5.75 Å². The third-order valence-electron chi connectivity index (χ3n) is 17.1. The Balaban J connectivity index is 0.000000134. The number of furan rings is 2. The Morgan fingerprint density at radius 3 is 1.34 bits per heavy atom. The van der Waals surface area contributed by atoms with E-state index in [2.05, 4.69) is 200 Å². The Morgan fingerprint density at radius 2 is 0.844 bits per heavy atom. The molecule has 4 unspecified atom stereocenters. The van der Waals surface area contributed by atoms with Crippen LogP contribution in [0.1, 0.15) is 85.0 Å². The molecule has 8 aromatic carbocycles. The number of hydrogen-bond acceptors (Lipinski definition) is 9. The van der Waals surface area contributed by atoms with Gasteiger partial charge in [-0.25, -0.2) is 19.9 Å². The summed E-state index contributed by atoms with van der Waals surface area (Å²) in [4.78, 5) is 25.8. The van der Waals surface area contributed by atoms with Gasteiger partial charge in [-0.15, -0.1) is 0 Å². The van der Waals surface area contributed by atoms with Crippen LogP contribution in [-0.4, -0.2) is 27.0 Å². The maximum atomic E-state index is 6.48. The van der Waals surface area contributed by atoms with E-state index in [9.17, 15) is 0 Å². The molecule has 4 aliphatic rings. The first kappa shape index (κ1) is 46.0. The first-order valence-corrected chi connectivity index (χ1v) is 27.4. The van der Waals surface area contributed by atoms with Gasteiger partial charge >= 0.3 is 0 Å². The second-order valence-electron chi connectivity index (χ2n) is 21.8. The van der Waals surface area contributed by atoms with Gasteiger partial charge in [-0.2, -0.15) is 0 Å². The maximum Gasteiger partial charge on any atom is 0.231 e. The minimum absolute atomic E-state index is 0.0169. The maximum absolute atomic E-state index is 6.48. The van der Waals surface area contributed by atoms with Gasteiger partial charge < -0.3 is 23.4 Å². The minimum atomic E-state index is -0.0336. The van der Waals surface area contributed by atoms with Crippen molar-refractivity contribution in [2.24, 2.45) is 0 Å². The van der Waals surface area contributed by atoms with Crippen LogP contribution in [0.2, 0.25) is 0 Å². The van der Waals surface area contributed by atoms with Crippen LogP contribution in [0.4, 0.5) is 23.3 Å². The average molecular weight is 1120 g/mol. The number of fused-ring (bicyclic) bond motifs is 16. The van der Waals surface area contributed by atoms with Gasteiger partial charge in [0.05, 0.1) is 28.1 Å². The summed E-state index contributed by atoms with van der Waals surface area (Å²) in [6.45, 7) is 9.49. The molecule has 0 saturated heterocycles. The van der Waals surface area contributed by atoms with E-state index < -0.39 is 0 Å². The number of rotatable bonds is 5. The van der Waals surface area contributed by atoms with Crippen LogP contribution in [-0.2, 0) is 10.8 Å². The second kappa shape index (κ2) is 17.1. The number of ether oxygens (including phenoxy) is 1. The van der Waals surface area contributed by atoms with Crippen molar-refractivity contribution in [1.29, 1.82) is 0 Å². The van der Waals surface area contributed by atoms with E-state index in [0.717, 1.165) is 59.1 Å². The van der Waals surface area contributed by atoms with E-state index in [1.165, 1.54) is 44.8 Å². The van der Waals surface area contributed by atoms with Crippen LogP contribution >= 0.6 is 22.6 Å². The number of anilines is 4. The molecular weight excluding hydrogens is 1060 g/mol. The zero-order valence-electron chi connectivity index (χ0n) is 43.1. The van der Waals surface area contributed by atoms with Crippen molar-refractivity contribution in [3.8, 4) is 28.3 Å². The van der Waals surface area contributed by atoms with E-state index >= 15 is 0 Å². The molecule has 4 atom stereocenters. The summed E-state index contributed by atoms with van der Waals surface area (Å²) < 4.78 is 19.6. The molecular formula is C67H51IN6O3. The highest BCUT2D eigenvalue weighted by Gasteiger charge is 2.56. The number of nitrogens with zero attached hydrogens (tertiary/aromatic N) is 6. The molecule has 374 valence electrons. The van der Waals surface area contributed by atoms with Gasteiger partial charge in [-0.1, -0.05) is 185 Å². The van der Waals surface area contributed by atoms with Crippen molar-refractivity contribution < 1.29 is 13.6 Å². The Labute approximate surface area is 459 Å². The SMILES string of the molecule is CC1(C)c2ccccc2C2C1c1ccccc1N2c1nc(-c2ccccc2)c2oc3c(I)cccc3c2n1.COc1cccc2c1oc1c(-c3ccccc3)nc(N3c4ccccc4C4C3c3ccccc3C4(C)C)nc12. The van der Waals surface area contributed by atoms with Gasteiger partial charge in [0, 0.05) is 39.7 Å². The molecule has 9 nitrogen and oxygen atoms in total. The normalized spacial score (nSPS) is 18.9. The summed E-state index contributed by atoms with van der Waals surface area (Å²) in [5.74, 6) is 2.66. The molecule has 12 aromatic rings. The highest BCUT2D eigenvalue weighted by atomic mass is 127. The molecule has 16 rings (SSSR count). The second-order valence-corrected chi connectivity index (χ2v) is 23.0. The molecule has 0 bridgehead atoms. The lowest BCUT2D eigenvalue weighted by molar-refractivity contribution is 0.412. The van der Waals surface area contributed by atoms with Crippen molar-refractivity contribution in [1.82, 2.24) is 19.9 Å². The number of benzene rings is 8. The van der Waals surface area contributed by atoms with Gasteiger partial charge in [0.1, 0.15) is 22.4 Å². The highest BCUT2D eigenvalue weighted by molar-refractivity contribution is 14.1. The molecule has 0 amide bonds. The summed E-state index contributed by atoms with van der Waals surface area (Å²) in [7, 11) is 1.66. The minimum Gasteiger partial charge on any atom is -0.493 e. The summed E-state index contributed by atoms with van der Waals surface area (Å²) in [6, 6.07) is 68.2. The molecule has 0 saturated carbocycles. The van der Waals surface area contributed by atoms with Gasteiger partial charge in [-0.05, 0) is 103 Å². The van der Waals surface area contributed by atoms with Crippen LogP contribution in [0.25, 0.3) is 66.7 Å². The van der Waals surface area contributed by atoms with Crippen LogP contribution in [0.15, 0.2) is 203 Å². The van der Waals surface area contributed by atoms with Crippen LogP contribution in [0.3, 0.4) is 0 Å². The zero-order chi connectivity index (χ0) is 51.9. The predicted molar refractivity (Wildman–Crippen MR) is 316 cm³/mol. The lowest BCUT2D eigenvalue weighted by Gasteiger charge is -2.29. The Hall–Kier alpha value is -8.35. The summed E-state index contributed by atoms with van der Waals surface area (Å²) in [5, 5.41) is 1.94. The lowest BCUT2D eigenvalue weighted by Crippen LogP contribution is -2.26. The molecule has 2 aliphatic heterocycles. The molecule has 0 radical (unpaired) electrons. The van der Waals surface area contributed by atoms with Gasteiger partial charge in [0.2, 0.25) is 11.9 Å². The van der Waals surface area contributed by atoms with Crippen LogP contribution < -0.4 is 14.5 Å². The Morgan fingerprint density at radius 1 is 0.429 bits per heavy atom. The fraction of sp³-hybridized carbons (Fsp3) is 0.164. The van der Waals surface area contributed by atoms with Crippen molar-refractivity contribution in [2.45, 2.75) is 62.4 Å². The molecule has 77 heavy (non-hydrogen) atoms. The first-order valence-electron chi connectivity index (χ1n) is 26.3. The number of para-hydroxylation sites is 4. The standard InChI is InChI=1S/C34H27N3O2.C33H24IN3O/c1-34(2)24-17-9-7-14-21(24)30-27(34)22-15-8-10-18-25(22)37(30)33-35-28(20-12-5-4-6-13-20)32-29(36-33)23-16-11-19-26(38-3)31(23)39-32;1-33(2)23-16-8-6-13-20(23)29-26(33)21-14-7-9-18-25(21)37(29)32-35-27(19-11-4-3-5-12-19)31-28(36-32)22-15-10-17-24(34)30(22)38-31/h4-19,27,30H,1-3H3;3-18,26,29H,1-2H3. The number of methoxy groups -OCH3 is 1. The monoisotopic (exact) mass is 1110 g/mol. The van der Waals surface area contributed by atoms with Crippen molar-refractivity contribution in [3.63, 3.8) is 0 Å². The zero-order valence-corrected chi connectivity index (χ0v) is 45.2. The fourth-order valence-electron chi connectivity index (χ4n) is 13.8. The van der Waals surface area contributed by atoms with E-state index in [1.54, 1.807) is 7.11 Å². The summed E-state index contributed by atoms with van der Waals surface area (Å²) in [5.41, 5.74) is 18.7.